The van der Waals surface area contributed by atoms with Gasteiger partial charge in [-0.25, -0.2) is 4.39 Å². The fourth-order valence-corrected chi connectivity index (χ4v) is 4.81. The van der Waals surface area contributed by atoms with Gasteiger partial charge in [-0.2, -0.15) is 0 Å². The largest absolute Gasteiger partial charge is 0.381 e. The first-order valence-corrected chi connectivity index (χ1v) is 9.67. The summed E-state index contributed by atoms with van der Waals surface area (Å²) in [7, 11) is 1.75. The van der Waals surface area contributed by atoms with Gasteiger partial charge >= 0.3 is 0 Å². The number of halogens is 1. The molecule has 0 N–H and O–H groups in total. The van der Waals surface area contributed by atoms with Crippen molar-refractivity contribution in [3.8, 4) is 0 Å². The van der Waals surface area contributed by atoms with E-state index >= 15 is 0 Å². The predicted octanol–water partition coefficient (Wildman–Crippen LogP) is 6.11. The van der Waals surface area contributed by atoms with Crippen molar-refractivity contribution in [3.05, 3.63) is 47.8 Å². The molecular formula is C22H31FO. The van der Waals surface area contributed by atoms with Crippen molar-refractivity contribution in [2.75, 3.05) is 13.7 Å². The standard InChI is InChI=1S/C22H31FO/c1-24-16-2-3-17-4-6-18(7-5-17)19-8-10-20(11-9-19)21-12-14-22(23)15-13-21/h2-3,12-15,17-20H,4-11,16H2,1H3/t17-,18-,19-,20-. The second-order valence-corrected chi connectivity index (χ2v) is 7.72. The molecule has 0 atom stereocenters. The van der Waals surface area contributed by atoms with E-state index < -0.39 is 0 Å². The molecule has 1 nitrogen and oxygen atoms in total. The molecule has 0 amide bonds. The Kier molecular flexibility index (Phi) is 6.48. The van der Waals surface area contributed by atoms with Gasteiger partial charge in [-0.1, -0.05) is 24.3 Å². The topological polar surface area (TPSA) is 9.23 Å². The van der Waals surface area contributed by atoms with Gasteiger partial charge < -0.3 is 4.74 Å². The maximum atomic E-state index is 13.1. The van der Waals surface area contributed by atoms with Gasteiger partial charge in [0.25, 0.3) is 0 Å². The van der Waals surface area contributed by atoms with Crippen LogP contribution in [0, 0.1) is 23.6 Å². The highest BCUT2D eigenvalue weighted by atomic mass is 19.1. The second-order valence-electron chi connectivity index (χ2n) is 7.72. The lowest BCUT2D eigenvalue weighted by Gasteiger charge is -2.37. The fraction of sp³-hybridized carbons (Fsp3) is 0.636. The van der Waals surface area contributed by atoms with E-state index in [-0.39, 0.29) is 5.82 Å². The van der Waals surface area contributed by atoms with Gasteiger partial charge in [0.1, 0.15) is 5.82 Å². The average Bonchev–Trinajstić information content (AvgIpc) is 2.63. The molecule has 132 valence electrons. The molecule has 2 aliphatic carbocycles. The quantitative estimate of drug-likeness (QED) is 0.592. The van der Waals surface area contributed by atoms with Crippen LogP contribution in [0.1, 0.15) is 62.8 Å². The first-order valence-electron chi connectivity index (χ1n) is 9.67. The van der Waals surface area contributed by atoms with Crippen LogP contribution < -0.4 is 0 Å². The third-order valence-electron chi connectivity index (χ3n) is 6.27. The van der Waals surface area contributed by atoms with Gasteiger partial charge in [0.05, 0.1) is 6.61 Å². The third-order valence-corrected chi connectivity index (χ3v) is 6.27. The molecule has 1 aromatic rings. The smallest absolute Gasteiger partial charge is 0.123 e. The van der Waals surface area contributed by atoms with E-state index in [9.17, 15) is 4.39 Å². The molecule has 2 heteroatoms. The number of ether oxygens (including phenoxy) is 1. The molecule has 0 spiro atoms. The van der Waals surface area contributed by atoms with E-state index in [1.165, 1.54) is 56.9 Å². The molecule has 0 aromatic heterocycles. The van der Waals surface area contributed by atoms with Crippen LogP contribution in [0.4, 0.5) is 4.39 Å². The lowest BCUT2D eigenvalue weighted by Crippen LogP contribution is -2.25. The maximum Gasteiger partial charge on any atom is 0.123 e. The summed E-state index contributed by atoms with van der Waals surface area (Å²) < 4.78 is 18.2. The van der Waals surface area contributed by atoms with Gasteiger partial charge in [0.2, 0.25) is 0 Å². The van der Waals surface area contributed by atoms with Crippen LogP contribution in [-0.4, -0.2) is 13.7 Å². The van der Waals surface area contributed by atoms with Crippen LogP contribution in [0.5, 0.6) is 0 Å². The molecule has 0 aliphatic heterocycles. The van der Waals surface area contributed by atoms with Crippen LogP contribution in [0.2, 0.25) is 0 Å². The number of benzene rings is 1. The summed E-state index contributed by atoms with van der Waals surface area (Å²) in [6.07, 6.45) is 15.3. The summed E-state index contributed by atoms with van der Waals surface area (Å²) >= 11 is 0. The first kappa shape index (κ1) is 17.7. The van der Waals surface area contributed by atoms with Crippen LogP contribution in [0.25, 0.3) is 0 Å². The van der Waals surface area contributed by atoms with Crippen LogP contribution in [-0.2, 0) is 4.74 Å². The van der Waals surface area contributed by atoms with Crippen molar-refractivity contribution in [1.29, 1.82) is 0 Å². The van der Waals surface area contributed by atoms with Gasteiger partial charge in [0.15, 0.2) is 0 Å². The Labute approximate surface area is 146 Å². The highest BCUT2D eigenvalue weighted by Crippen LogP contribution is 2.44. The van der Waals surface area contributed by atoms with Crippen molar-refractivity contribution < 1.29 is 9.13 Å². The number of methoxy groups -OCH3 is 1. The molecule has 24 heavy (non-hydrogen) atoms. The van der Waals surface area contributed by atoms with Crippen LogP contribution in [0.3, 0.4) is 0 Å². The summed E-state index contributed by atoms with van der Waals surface area (Å²) in [4.78, 5) is 0. The van der Waals surface area contributed by atoms with E-state index in [0.29, 0.717) is 5.92 Å². The Hall–Kier alpha value is -1.15. The Morgan fingerprint density at radius 2 is 1.50 bits per heavy atom. The summed E-state index contributed by atoms with van der Waals surface area (Å²) in [5.74, 6) is 3.16. The molecule has 2 fully saturated rings. The van der Waals surface area contributed by atoms with E-state index in [2.05, 4.69) is 12.2 Å². The molecular weight excluding hydrogens is 299 g/mol. The van der Waals surface area contributed by atoms with Gasteiger partial charge in [-0.3, -0.25) is 0 Å². The Morgan fingerprint density at radius 1 is 0.917 bits per heavy atom. The summed E-state index contributed by atoms with van der Waals surface area (Å²) in [6.45, 7) is 0.743. The molecule has 0 heterocycles. The minimum absolute atomic E-state index is 0.122. The minimum atomic E-state index is -0.122. The average molecular weight is 330 g/mol. The number of hydrogen-bond donors (Lipinski definition) is 0. The summed E-state index contributed by atoms with van der Waals surface area (Å²) in [5.41, 5.74) is 1.34. The lowest BCUT2D eigenvalue weighted by molar-refractivity contribution is 0.171. The van der Waals surface area contributed by atoms with E-state index in [1.807, 2.05) is 12.1 Å². The Morgan fingerprint density at radius 3 is 2.08 bits per heavy atom. The molecule has 0 bridgehead atoms. The van der Waals surface area contributed by atoms with E-state index in [4.69, 9.17) is 4.74 Å². The molecule has 0 saturated heterocycles. The van der Waals surface area contributed by atoms with Gasteiger partial charge in [0, 0.05) is 7.11 Å². The van der Waals surface area contributed by atoms with Crippen molar-refractivity contribution >= 4 is 0 Å². The number of allylic oxidation sites excluding steroid dienone is 1. The van der Waals surface area contributed by atoms with Crippen molar-refractivity contribution in [3.63, 3.8) is 0 Å². The zero-order valence-electron chi connectivity index (χ0n) is 14.9. The molecule has 0 unspecified atom stereocenters. The van der Waals surface area contributed by atoms with Crippen molar-refractivity contribution in [1.82, 2.24) is 0 Å². The Bertz CT molecular complexity index is 505. The maximum absolute atomic E-state index is 13.1. The number of hydrogen-bond acceptors (Lipinski definition) is 1. The zero-order chi connectivity index (χ0) is 16.8. The fourth-order valence-electron chi connectivity index (χ4n) is 4.81. The SMILES string of the molecule is COCC=C[C@H]1CC[C@H]([C@H]2CC[C@H](c3ccc(F)cc3)CC2)CC1. The minimum Gasteiger partial charge on any atom is -0.381 e. The third kappa shape index (κ3) is 4.69. The van der Waals surface area contributed by atoms with Crippen LogP contribution in [0.15, 0.2) is 36.4 Å². The van der Waals surface area contributed by atoms with Crippen LogP contribution >= 0.6 is 0 Å². The first-order chi connectivity index (χ1) is 11.8. The lowest BCUT2D eigenvalue weighted by atomic mass is 9.68. The highest BCUT2D eigenvalue weighted by Gasteiger charge is 2.30. The highest BCUT2D eigenvalue weighted by molar-refractivity contribution is 5.21. The summed E-state index contributed by atoms with van der Waals surface area (Å²) in [6, 6.07) is 7.19. The van der Waals surface area contributed by atoms with Gasteiger partial charge in [-0.05, 0) is 92.7 Å². The van der Waals surface area contributed by atoms with Gasteiger partial charge in [-0.15, -0.1) is 0 Å². The normalized spacial score (nSPS) is 31.4. The predicted molar refractivity (Wildman–Crippen MR) is 97.6 cm³/mol. The molecule has 2 aliphatic rings. The van der Waals surface area contributed by atoms with E-state index in [1.54, 1.807) is 19.2 Å². The summed E-state index contributed by atoms with van der Waals surface area (Å²) in [5, 5.41) is 0. The number of rotatable bonds is 5. The Balaban J connectivity index is 1.43. The van der Waals surface area contributed by atoms with E-state index in [0.717, 1.165) is 24.4 Å². The molecule has 1 aromatic carbocycles. The molecule has 2 saturated carbocycles. The monoisotopic (exact) mass is 330 g/mol. The molecule has 3 rings (SSSR count). The van der Waals surface area contributed by atoms with Crippen molar-refractivity contribution in [2.45, 2.75) is 57.3 Å². The second kappa shape index (κ2) is 8.80. The molecule has 0 radical (unpaired) electrons. The van der Waals surface area contributed by atoms with Crippen molar-refractivity contribution in [2.24, 2.45) is 17.8 Å². The zero-order valence-corrected chi connectivity index (χ0v) is 14.9.